The van der Waals surface area contributed by atoms with E-state index in [-0.39, 0.29) is 24.3 Å². The van der Waals surface area contributed by atoms with Crippen molar-refractivity contribution in [2.24, 2.45) is 0 Å². The maximum Gasteiger partial charge on any atom is 0.407 e. The van der Waals surface area contributed by atoms with Gasteiger partial charge in [0.05, 0.1) is 6.10 Å². The SMILES string of the molecule is CCCCCCCCC(CCC(=O)OC(C)C)OC(=O)NCCN1CCC1. The summed E-state index contributed by atoms with van der Waals surface area (Å²) in [6.45, 7) is 9.61. The summed E-state index contributed by atoms with van der Waals surface area (Å²) in [5.41, 5.74) is 0. The molecule has 6 heteroatoms. The van der Waals surface area contributed by atoms with Crippen molar-refractivity contribution < 1.29 is 19.1 Å². The fraction of sp³-hybridized carbons (Fsp3) is 0.905. The summed E-state index contributed by atoms with van der Waals surface area (Å²) < 4.78 is 10.8. The predicted molar refractivity (Wildman–Crippen MR) is 108 cm³/mol. The molecule has 158 valence electrons. The van der Waals surface area contributed by atoms with E-state index in [4.69, 9.17) is 9.47 Å². The molecule has 0 aromatic rings. The minimum atomic E-state index is -0.372. The largest absolute Gasteiger partial charge is 0.463 e. The highest BCUT2D eigenvalue weighted by molar-refractivity contribution is 5.70. The second-order valence-corrected chi connectivity index (χ2v) is 7.78. The Hall–Kier alpha value is -1.30. The molecule has 0 aliphatic carbocycles. The summed E-state index contributed by atoms with van der Waals surface area (Å²) in [7, 11) is 0. The Kier molecular flexibility index (Phi) is 12.9. The number of rotatable bonds is 15. The van der Waals surface area contributed by atoms with E-state index >= 15 is 0 Å². The third-order valence-electron chi connectivity index (χ3n) is 4.84. The average Bonchev–Trinajstić information content (AvgIpc) is 2.57. The average molecular weight is 385 g/mol. The van der Waals surface area contributed by atoms with Crippen molar-refractivity contribution in [3.8, 4) is 0 Å². The van der Waals surface area contributed by atoms with Gasteiger partial charge >= 0.3 is 12.1 Å². The van der Waals surface area contributed by atoms with Crippen molar-refractivity contribution in [3.63, 3.8) is 0 Å². The van der Waals surface area contributed by atoms with Gasteiger partial charge in [0.2, 0.25) is 0 Å². The van der Waals surface area contributed by atoms with E-state index in [1.54, 1.807) is 0 Å². The lowest BCUT2D eigenvalue weighted by Gasteiger charge is -2.30. The summed E-state index contributed by atoms with van der Waals surface area (Å²) in [4.78, 5) is 26.2. The Morgan fingerprint density at radius 2 is 1.70 bits per heavy atom. The van der Waals surface area contributed by atoms with Crippen molar-refractivity contribution >= 4 is 12.1 Å². The van der Waals surface area contributed by atoms with Gasteiger partial charge in [-0.25, -0.2) is 4.79 Å². The third kappa shape index (κ3) is 12.7. The lowest BCUT2D eigenvalue weighted by Crippen LogP contribution is -2.43. The Balaban J connectivity index is 2.28. The molecular formula is C21H40N2O4. The topological polar surface area (TPSA) is 67.9 Å². The highest BCUT2D eigenvalue weighted by Crippen LogP contribution is 2.15. The Morgan fingerprint density at radius 1 is 1.00 bits per heavy atom. The first-order valence-electron chi connectivity index (χ1n) is 10.9. The van der Waals surface area contributed by atoms with Gasteiger partial charge in [0.15, 0.2) is 0 Å². The molecule has 1 heterocycles. The first kappa shape index (κ1) is 23.7. The van der Waals surface area contributed by atoms with Crippen LogP contribution in [0.4, 0.5) is 4.79 Å². The molecule has 0 bridgehead atoms. The van der Waals surface area contributed by atoms with Crippen LogP contribution in [0.2, 0.25) is 0 Å². The minimum Gasteiger partial charge on any atom is -0.463 e. The predicted octanol–water partition coefficient (Wildman–Crippen LogP) is 4.27. The summed E-state index contributed by atoms with van der Waals surface area (Å²) in [6, 6.07) is 0. The normalized spacial score (nSPS) is 15.3. The van der Waals surface area contributed by atoms with Crippen LogP contribution in [-0.2, 0) is 14.3 Å². The molecule has 0 spiro atoms. The van der Waals surface area contributed by atoms with Crippen LogP contribution in [0.1, 0.15) is 85.0 Å². The van der Waals surface area contributed by atoms with Crippen LogP contribution in [0, 0.1) is 0 Å². The summed E-state index contributed by atoms with van der Waals surface area (Å²) in [6.07, 6.45) is 9.34. The van der Waals surface area contributed by atoms with E-state index in [1.165, 1.54) is 32.1 Å². The van der Waals surface area contributed by atoms with Crippen LogP contribution in [-0.4, -0.2) is 55.3 Å². The van der Waals surface area contributed by atoms with Crippen LogP contribution < -0.4 is 5.32 Å². The molecule has 0 aromatic carbocycles. The molecule has 1 saturated heterocycles. The fourth-order valence-corrected chi connectivity index (χ4v) is 3.13. The van der Waals surface area contributed by atoms with Gasteiger partial charge in [-0.3, -0.25) is 4.79 Å². The van der Waals surface area contributed by atoms with E-state index in [0.29, 0.717) is 19.4 Å². The maximum atomic E-state index is 12.1. The van der Waals surface area contributed by atoms with Crippen molar-refractivity contribution in [2.45, 2.75) is 97.2 Å². The molecule has 0 radical (unpaired) electrons. The zero-order valence-corrected chi connectivity index (χ0v) is 17.6. The van der Waals surface area contributed by atoms with Crippen LogP contribution in [0.15, 0.2) is 0 Å². The lowest BCUT2D eigenvalue weighted by atomic mass is 10.0. The molecule has 1 atom stereocenters. The number of ether oxygens (including phenoxy) is 2. The van der Waals surface area contributed by atoms with Gasteiger partial charge in [0.25, 0.3) is 0 Å². The van der Waals surface area contributed by atoms with E-state index in [2.05, 4.69) is 17.1 Å². The van der Waals surface area contributed by atoms with Crippen molar-refractivity contribution in [2.75, 3.05) is 26.2 Å². The summed E-state index contributed by atoms with van der Waals surface area (Å²) >= 11 is 0. The molecule has 1 unspecified atom stereocenters. The zero-order chi connectivity index (χ0) is 19.9. The van der Waals surface area contributed by atoms with E-state index in [0.717, 1.165) is 38.9 Å². The first-order chi connectivity index (χ1) is 13.0. The zero-order valence-electron chi connectivity index (χ0n) is 17.6. The summed E-state index contributed by atoms with van der Waals surface area (Å²) in [5.74, 6) is -0.222. The number of alkyl carbamates (subject to hydrolysis) is 1. The van der Waals surface area contributed by atoms with Gasteiger partial charge in [-0.05, 0) is 52.6 Å². The number of nitrogens with zero attached hydrogens (tertiary/aromatic N) is 1. The highest BCUT2D eigenvalue weighted by atomic mass is 16.6. The third-order valence-corrected chi connectivity index (χ3v) is 4.84. The van der Waals surface area contributed by atoms with E-state index < -0.39 is 0 Å². The molecule has 1 rings (SSSR count). The smallest absolute Gasteiger partial charge is 0.407 e. The Bertz CT molecular complexity index is 411. The Labute approximate surface area is 165 Å². The number of unbranched alkanes of at least 4 members (excludes halogenated alkanes) is 5. The van der Waals surface area contributed by atoms with E-state index in [9.17, 15) is 9.59 Å². The second-order valence-electron chi connectivity index (χ2n) is 7.78. The molecular weight excluding hydrogens is 344 g/mol. The molecule has 27 heavy (non-hydrogen) atoms. The summed E-state index contributed by atoms with van der Waals surface area (Å²) in [5, 5.41) is 2.83. The van der Waals surface area contributed by atoms with Gasteiger partial charge in [0, 0.05) is 19.5 Å². The number of likely N-dealkylation sites (tertiary alicyclic amines) is 1. The molecule has 1 aliphatic heterocycles. The van der Waals surface area contributed by atoms with Crippen LogP contribution in [0.3, 0.4) is 0 Å². The molecule has 0 aromatic heterocycles. The fourth-order valence-electron chi connectivity index (χ4n) is 3.13. The number of nitrogens with one attached hydrogen (secondary N) is 1. The van der Waals surface area contributed by atoms with Crippen LogP contribution >= 0.6 is 0 Å². The maximum absolute atomic E-state index is 12.1. The standard InChI is InChI=1S/C21H40N2O4/c1-4-5-6-7-8-9-11-19(12-13-20(24)26-18(2)3)27-21(25)22-14-17-23-15-10-16-23/h18-19H,4-17H2,1-3H3,(H,22,25). The lowest BCUT2D eigenvalue weighted by molar-refractivity contribution is -0.148. The number of esters is 1. The molecule has 6 nitrogen and oxygen atoms in total. The Morgan fingerprint density at radius 3 is 2.33 bits per heavy atom. The van der Waals surface area contributed by atoms with Crippen molar-refractivity contribution in [1.82, 2.24) is 10.2 Å². The van der Waals surface area contributed by atoms with Gasteiger partial charge in [-0.15, -0.1) is 0 Å². The number of carbonyl (C=O) groups is 2. The second kappa shape index (κ2) is 14.7. The highest BCUT2D eigenvalue weighted by Gasteiger charge is 2.18. The molecule has 1 amide bonds. The van der Waals surface area contributed by atoms with Crippen molar-refractivity contribution in [3.05, 3.63) is 0 Å². The van der Waals surface area contributed by atoms with Gasteiger partial charge in [-0.2, -0.15) is 0 Å². The molecule has 1 aliphatic rings. The quantitative estimate of drug-likeness (QED) is 0.337. The van der Waals surface area contributed by atoms with Gasteiger partial charge in [0.1, 0.15) is 6.10 Å². The van der Waals surface area contributed by atoms with Gasteiger partial charge in [-0.1, -0.05) is 39.0 Å². The first-order valence-corrected chi connectivity index (χ1v) is 10.9. The monoisotopic (exact) mass is 384 g/mol. The number of carbonyl (C=O) groups excluding carboxylic acids is 2. The van der Waals surface area contributed by atoms with E-state index in [1.807, 2.05) is 13.8 Å². The van der Waals surface area contributed by atoms with Crippen LogP contribution in [0.5, 0.6) is 0 Å². The molecule has 1 N–H and O–H groups in total. The number of amides is 1. The van der Waals surface area contributed by atoms with Gasteiger partial charge < -0.3 is 19.7 Å². The molecule has 1 fully saturated rings. The number of hydrogen-bond acceptors (Lipinski definition) is 5. The molecule has 0 saturated carbocycles. The van der Waals surface area contributed by atoms with Crippen molar-refractivity contribution in [1.29, 1.82) is 0 Å². The number of hydrogen-bond donors (Lipinski definition) is 1. The van der Waals surface area contributed by atoms with Crippen LogP contribution in [0.25, 0.3) is 0 Å². The minimum absolute atomic E-state index is 0.111.